The van der Waals surface area contributed by atoms with Crippen LogP contribution in [-0.4, -0.2) is 36.3 Å². The van der Waals surface area contributed by atoms with E-state index in [0.29, 0.717) is 25.0 Å². The van der Waals surface area contributed by atoms with E-state index in [0.717, 1.165) is 36.5 Å². The highest BCUT2D eigenvalue weighted by molar-refractivity contribution is 5.75. The third kappa shape index (κ3) is 4.32. The molecule has 0 bridgehead atoms. The van der Waals surface area contributed by atoms with E-state index in [9.17, 15) is 0 Å². The summed E-state index contributed by atoms with van der Waals surface area (Å²) in [5, 5.41) is 3.46. The van der Waals surface area contributed by atoms with Crippen LogP contribution in [0.15, 0.2) is 24.3 Å². The zero-order chi connectivity index (χ0) is 15.9. The lowest BCUT2D eigenvalue weighted by atomic mass is 9.95. The highest BCUT2D eigenvalue weighted by atomic mass is 16.5. The lowest BCUT2D eigenvalue weighted by Gasteiger charge is -2.22. The van der Waals surface area contributed by atoms with Gasteiger partial charge in [-0.25, -0.2) is 9.97 Å². The standard InChI is InChI=1S/C18H25N3O2/c1-2-22-17-18(21-16-10-4-3-9-15(16)20-17)23-12-6-8-14-7-5-11-19-13-14/h3-4,9-10,14,19H,2,5-8,11-13H2,1H3. The van der Waals surface area contributed by atoms with E-state index in [1.54, 1.807) is 0 Å². The normalized spacial score (nSPS) is 18.0. The van der Waals surface area contributed by atoms with Gasteiger partial charge in [-0.15, -0.1) is 0 Å². The number of hydrogen-bond donors (Lipinski definition) is 1. The third-order valence-corrected chi connectivity index (χ3v) is 4.18. The fourth-order valence-corrected chi connectivity index (χ4v) is 3.00. The quantitative estimate of drug-likeness (QED) is 0.795. The Morgan fingerprint density at radius 2 is 1.87 bits per heavy atom. The minimum atomic E-state index is 0.491. The van der Waals surface area contributed by atoms with E-state index >= 15 is 0 Å². The molecule has 1 saturated heterocycles. The molecule has 1 unspecified atom stereocenters. The minimum Gasteiger partial charge on any atom is -0.474 e. The van der Waals surface area contributed by atoms with E-state index in [1.807, 2.05) is 31.2 Å². The van der Waals surface area contributed by atoms with Gasteiger partial charge in [0, 0.05) is 0 Å². The molecule has 5 heteroatoms. The maximum Gasteiger partial charge on any atom is 0.278 e. The van der Waals surface area contributed by atoms with Crippen molar-refractivity contribution in [1.82, 2.24) is 15.3 Å². The molecular weight excluding hydrogens is 290 g/mol. The van der Waals surface area contributed by atoms with E-state index in [-0.39, 0.29) is 0 Å². The van der Waals surface area contributed by atoms with Crippen molar-refractivity contribution in [1.29, 1.82) is 0 Å². The molecule has 5 nitrogen and oxygen atoms in total. The molecule has 0 saturated carbocycles. The van der Waals surface area contributed by atoms with Crippen molar-refractivity contribution in [3.05, 3.63) is 24.3 Å². The van der Waals surface area contributed by atoms with E-state index < -0.39 is 0 Å². The molecular formula is C18H25N3O2. The van der Waals surface area contributed by atoms with Crippen LogP contribution in [0, 0.1) is 5.92 Å². The highest BCUT2D eigenvalue weighted by Crippen LogP contribution is 2.26. The monoisotopic (exact) mass is 315 g/mol. The van der Waals surface area contributed by atoms with Crippen LogP contribution in [0.5, 0.6) is 11.8 Å². The van der Waals surface area contributed by atoms with Gasteiger partial charge in [-0.05, 0) is 63.7 Å². The van der Waals surface area contributed by atoms with E-state index in [1.165, 1.54) is 19.3 Å². The first-order chi connectivity index (χ1) is 11.4. The van der Waals surface area contributed by atoms with Gasteiger partial charge in [-0.3, -0.25) is 0 Å². The third-order valence-electron chi connectivity index (χ3n) is 4.18. The molecule has 3 rings (SSSR count). The van der Waals surface area contributed by atoms with E-state index in [4.69, 9.17) is 9.47 Å². The minimum absolute atomic E-state index is 0.491. The molecule has 0 amide bonds. The number of piperidine rings is 1. The smallest absolute Gasteiger partial charge is 0.278 e. The zero-order valence-electron chi connectivity index (χ0n) is 13.8. The van der Waals surface area contributed by atoms with Crippen molar-refractivity contribution in [2.45, 2.75) is 32.6 Å². The Labute approximate surface area is 137 Å². The second-order valence-electron chi connectivity index (χ2n) is 5.96. The summed E-state index contributed by atoms with van der Waals surface area (Å²) in [5.74, 6) is 1.78. The molecule has 1 atom stereocenters. The second-order valence-corrected chi connectivity index (χ2v) is 5.96. The maximum absolute atomic E-state index is 5.87. The van der Waals surface area contributed by atoms with Gasteiger partial charge in [0.05, 0.1) is 24.2 Å². The fourth-order valence-electron chi connectivity index (χ4n) is 3.00. The van der Waals surface area contributed by atoms with Crippen molar-refractivity contribution < 1.29 is 9.47 Å². The average Bonchev–Trinajstić information content (AvgIpc) is 2.60. The number of rotatable bonds is 7. The summed E-state index contributed by atoms with van der Waals surface area (Å²) in [6, 6.07) is 7.78. The van der Waals surface area contributed by atoms with Gasteiger partial charge in [-0.1, -0.05) is 12.1 Å². The topological polar surface area (TPSA) is 56.3 Å². The Balaban J connectivity index is 1.60. The summed E-state index contributed by atoms with van der Waals surface area (Å²) in [6.07, 6.45) is 4.84. The number of nitrogens with one attached hydrogen (secondary N) is 1. The van der Waals surface area contributed by atoms with Gasteiger partial charge < -0.3 is 14.8 Å². The molecule has 124 valence electrons. The predicted octanol–water partition coefficient (Wildman–Crippen LogP) is 3.19. The molecule has 0 aliphatic carbocycles. The maximum atomic E-state index is 5.87. The lowest BCUT2D eigenvalue weighted by Crippen LogP contribution is -2.29. The van der Waals surface area contributed by atoms with Gasteiger partial charge in [0.2, 0.25) is 0 Å². The molecule has 1 N–H and O–H groups in total. The number of hydrogen-bond acceptors (Lipinski definition) is 5. The molecule has 1 aromatic carbocycles. The molecule has 1 aliphatic rings. The molecule has 2 aromatic rings. The molecule has 1 aromatic heterocycles. The van der Waals surface area contributed by atoms with Crippen LogP contribution in [-0.2, 0) is 0 Å². The molecule has 1 aliphatic heterocycles. The number of para-hydroxylation sites is 2. The van der Waals surface area contributed by atoms with Crippen molar-refractivity contribution in [3.63, 3.8) is 0 Å². The fraction of sp³-hybridized carbons (Fsp3) is 0.556. The Kier molecular flexibility index (Phi) is 5.64. The number of benzene rings is 1. The Morgan fingerprint density at radius 1 is 1.13 bits per heavy atom. The van der Waals surface area contributed by atoms with Gasteiger partial charge in [0.1, 0.15) is 0 Å². The van der Waals surface area contributed by atoms with Crippen LogP contribution < -0.4 is 14.8 Å². The SMILES string of the molecule is CCOc1nc2ccccc2nc1OCCCC1CCCNC1. The highest BCUT2D eigenvalue weighted by Gasteiger charge is 2.14. The second kappa shape index (κ2) is 8.11. The summed E-state index contributed by atoms with van der Waals surface area (Å²) >= 11 is 0. The molecule has 0 spiro atoms. The van der Waals surface area contributed by atoms with Crippen molar-refractivity contribution >= 4 is 11.0 Å². The first-order valence-electron chi connectivity index (χ1n) is 8.60. The van der Waals surface area contributed by atoms with Crippen molar-refractivity contribution in [2.24, 2.45) is 5.92 Å². The summed E-state index contributed by atoms with van der Waals surface area (Å²) < 4.78 is 11.5. The van der Waals surface area contributed by atoms with E-state index in [2.05, 4.69) is 15.3 Å². The van der Waals surface area contributed by atoms with Crippen LogP contribution in [0.1, 0.15) is 32.6 Å². The Morgan fingerprint density at radius 3 is 2.52 bits per heavy atom. The van der Waals surface area contributed by atoms with Crippen LogP contribution in [0.3, 0.4) is 0 Å². The van der Waals surface area contributed by atoms with Gasteiger partial charge in [0.15, 0.2) is 0 Å². The summed E-state index contributed by atoms with van der Waals surface area (Å²) in [6.45, 7) is 5.45. The molecule has 0 radical (unpaired) electrons. The molecule has 1 fully saturated rings. The largest absolute Gasteiger partial charge is 0.474 e. The first kappa shape index (κ1) is 16.0. The van der Waals surface area contributed by atoms with Gasteiger partial charge >= 0.3 is 0 Å². The zero-order valence-corrected chi connectivity index (χ0v) is 13.8. The number of fused-ring (bicyclic) bond motifs is 1. The predicted molar refractivity (Wildman–Crippen MR) is 91.0 cm³/mol. The van der Waals surface area contributed by atoms with Crippen LogP contribution >= 0.6 is 0 Å². The summed E-state index contributed by atoms with van der Waals surface area (Å²) in [7, 11) is 0. The first-order valence-corrected chi connectivity index (χ1v) is 8.60. The van der Waals surface area contributed by atoms with Crippen LogP contribution in [0.25, 0.3) is 11.0 Å². The van der Waals surface area contributed by atoms with Crippen molar-refractivity contribution in [3.8, 4) is 11.8 Å². The van der Waals surface area contributed by atoms with Gasteiger partial charge in [0.25, 0.3) is 11.8 Å². The summed E-state index contributed by atoms with van der Waals surface area (Å²) in [5.41, 5.74) is 1.67. The Hall–Kier alpha value is -1.88. The molecule has 23 heavy (non-hydrogen) atoms. The summed E-state index contributed by atoms with van der Waals surface area (Å²) in [4.78, 5) is 9.07. The number of nitrogens with zero attached hydrogens (tertiary/aromatic N) is 2. The van der Waals surface area contributed by atoms with Gasteiger partial charge in [-0.2, -0.15) is 0 Å². The molecule has 2 heterocycles. The average molecular weight is 315 g/mol. The lowest BCUT2D eigenvalue weighted by molar-refractivity contribution is 0.243. The van der Waals surface area contributed by atoms with Crippen LogP contribution in [0.2, 0.25) is 0 Å². The number of ether oxygens (including phenoxy) is 2. The number of aromatic nitrogens is 2. The van der Waals surface area contributed by atoms with Crippen LogP contribution in [0.4, 0.5) is 0 Å². The Bertz CT molecular complexity index is 627. The van der Waals surface area contributed by atoms with Crippen molar-refractivity contribution in [2.75, 3.05) is 26.3 Å².